The van der Waals surface area contributed by atoms with Crippen LogP contribution in [0.1, 0.15) is 6.92 Å². The molecule has 0 aliphatic carbocycles. The summed E-state index contributed by atoms with van der Waals surface area (Å²) in [6, 6.07) is 7.83. The molecule has 1 atom stereocenters. The van der Waals surface area contributed by atoms with Crippen LogP contribution in [0, 0.1) is 0 Å². The predicted molar refractivity (Wildman–Crippen MR) is 56.1 cm³/mol. The number of hydrogen-bond donors (Lipinski definition) is 2. The summed E-state index contributed by atoms with van der Waals surface area (Å²) in [7, 11) is 0. The lowest BCUT2D eigenvalue weighted by Gasteiger charge is -2.04. The number of aromatic nitrogens is 1. The molecule has 1 heterocycles. The third kappa shape index (κ3) is 1.70. The topological polar surface area (TPSA) is 64.1 Å². The zero-order chi connectivity index (χ0) is 9.97. The van der Waals surface area contributed by atoms with E-state index in [2.05, 4.69) is 10.5 Å². The molecule has 0 saturated heterocycles. The van der Waals surface area contributed by atoms with Crippen LogP contribution >= 0.6 is 0 Å². The van der Waals surface area contributed by atoms with E-state index in [1.54, 1.807) is 0 Å². The Hall–Kier alpha value is -1.55. The predicted octanol–water partition coefficient (Wildman–Crippen LogP) is 1.59. The fourth-order valence-corrected chi connectivity index (χ4v) is 1.27. The smallest absolute Gasteiger partial charge is 0.177 e. The van der Waals surface area contributed by atoms with Crippen LogP contribution in [0.15, 0.2) is 28.8 Å². The molecule has 4 heteroatoms. The van der Waals surface area contributed by atoms with Crippen LogP contribution in [0.4, 0.5) is 5.82 Å². The van der Waals surface area contributed by atoms with Crippen LogP contribution in [0.5, 0.6) is 0 Å². The molecular formula is C10H13N3O. The Morgan fingerprint density at radius 2 is 2.29 bits per heavy atom. The maximum atomic E-state index is 5.63. The Labute approximate surface area is 82.1 Å². The van der Waals surface area contributed by atoms with Crippen molar-refractivity contribution >= 4 is 16.8 Å². The molecule has 74 valence electrons. The van der Waals surface area contributed by atoms with Crippen molar-refractivity contribution in [1.82, 2.24) is 5.16 Å². The molecule has 0 radical (unpaired) electrons. The van der Waals surface area contributed by atoms with Gasteiger partial charge in [-0.05, 0) is 19.1 Å². The summed E-state index contributed by atoms with van der Waals surface area (Å²) in [6.45, 7) is 2.63. The van der Waals surface area contributed by atoms with Gasteiger partial charge in [0.1, 0.15) is 0 Å². The largest absolute Gasteiger partial charge is 0.365 e. The summed E-state index contributed by atoms with van der Waals surface area (Å²) in [4.78, 5) is 0. The number of fused-ring (bicyclic) bond motifs is 1. The van der Waals surface area contributed by atoms with E-state index in [0.717, 1.165) is 16.8 Å². The molecule has 1 aromatic carbocycles. The molecule has 2 rings (SSSR count). The van der Waals surface area contributed by atoms with E-state index in [4.69, 9.17) is 10.3 Å². The Bertz CT molecular complexity index is 422. The quantitative estimate of drug-likeness (QED) is 0.773. The summed E-state index contributed by atoms with van der Waals surface area (Å²) >= 11 is 0. The van der Waals surface area contributed by atoms with Crippen molar-refractivity contribution in [2.75, 3.05) is 11.9 Å². The first-order valence-electron chi connectivity index (χ1n) is 4.61. The van der Waals surface area contributed by atoms with Gasteiger partial charge in [0.2, 0.25) is 0 Å². The van der Waals surface area contributed by atoms with Gasteiger partial charge in [-0.2, -0.15) is 0 Å². The SMILES string of the molecule is CC(N)CNc1noc2ccccc12. The van der Waals surface area contributed by atoms with Crippen molar-refractivity contribution in [3.05, 3.63) is 24.3 Å². The fraction of sp³-hybridized carbons (Fsp3) is 0.300. The highest BCUT2D eigenvalue weighted by atomic mass is 16.5. The normalized spacial score (nSPS) is 13.0. The number of benzene rings is 1. The number of nitrogens with two attached hydrogens (primary N) is 1. The molecule has 1 aromatic heterocycles. The van der Waals surface area contributed by atoms with Crippen LogP contribution in [0.3, 0.4) is 0 Å². The maximum Gasteiger partial charge on any atom is 0.177 e. The van der Waals surface area contributed by atoms with Crippen molar-refractivity contribution in [2.24, 2.45) is 5.73 Å². The van der Waals surface area contributed by atoms with Gasteiger partial charge in [-0.1, -0.05) is 17.3 Å². The van der Waals surface area contributed by atoms with Crippen LogP contribution in [0.25, 0.3) is 11.0 Å². The van der Waals surface area contributed by atoms with Gasteiger partial charge in [0.25, 0.3) is 0 Å². The number of anilines is 1. The van der Waals surface area contributed by atoms with E-state index in [1.165, 1.54) is 0 Å². The molecule has 0 bridgehead atoms. The van der Waals surface area contributed by atoms with Gasteiger partial charge in [-0.3, -0.25) is 0 Å². The Kier molecular flexibility index (Phi) is 2.37. The third-order valence-electron chi connectivity index (χ3n) is 1.97. The van der Waals surface area contributed by atoms with Crippen molar-refractivity contribution in [3.63, 3.8) is 0 Å². The van der Waals surface area contributed by atoms with Crippen LogP contribution < -0.4 is 11.1 Å². The second-order valence-corrected chi connectivity index (χ2v) is 3.39. The molecule has 1 unspecified atom stereocenters. The maximum absolute atomic E-state index is 5.63. The number of rotatable bonds is 3. The van der Waals surface area contributed by atoms with Crippen LogP contribution in [-0.2, 0) is 0 Å². The van der Waals surface area contributed by atoms with E-state index in [9.17, 15) is 0 Å². The Morgan fingerprint density at radius 1 is 1.50 bits per heavy atom. The average Bonchev–Trinajstić information content (AvgIpc) is 2.58. The summed E-state index contributed by atoms with van der Waals surface area (Å²) in [5.74, 6) is 0.762. The highest BCUT2D eigenvalue weighted by Crippen LogP contribution is 2.21. The molecule has 0 aliphatic heterocycles. The monoisotopic (exact) mass is 191 g/mol. The number of nitrogens with zero attached hydrogens (tertiary/aromatic N) is 1. The number of nitrogens with one attached hydrogen (secondary N) is 1. The van der Waals surface area contributed by atoms with E-state index in [-0.39, 0.29) is 6.04 Å². The molecule has 2 aromatic rings. The second-order valence-electron chi connectivity index (χ2n) is 3.39. The molecule has 0 aliphatic rings. The van der Waals surface area contributed by atoms with Gasteiger partial charge >= 0.3 is 0 Å². The first-order valence-corrected chi connectivity index (χ1v) is 4.61. The summed E-state index contributed by atoms with van der Waals surface area (Å²) in [6.07, 6.45) is 0. The number of para-hydroxylation sites is 1. The minimum atomic E-state index is 0.102. The van der Waals surface area contributed by atoms with Gasteiger partial charge < -0.3 is 15.6 Å². The van der Waals surface area contributed by atoms with E-state index < -0.39 is 0 Å². The first-order chi connectivity index (χ1) is 6.77. The van der Waals surface area contributed by atoms with Gasteiger partial charge in [0.15, 0.2) is 11.4 Å². The lowest BCUT2D eigenvalue weighted by atomic mass is 10.2. The van der Waals surface area contributed by atoms with Crippen LogP contribution in [0.2, 0.25) is 0 Å². The first kappa shape index (κ1) is 9.02. The summed E-state index contributed by atoms with van der Waals surface area (Å²) in [5.41, 5.74) is 6.42. The van der Waals surface area contributed by atoms with E-state index in [1.807, 2.05) is 31.2 Å². The third-order valence-corrected chi connectivity index (χ3v) is 1.97. The molecule has 0 fully saturated rings. The van der Waals surface area contributed by atoms with Gasteiger partial charge in [0.05, 0.1) is 5.39 Å². The molecule has 14 heavy (non-hydrogen) atoms. The second kappa shape index (κ2) is 3.67. The van der Waals surface area contributed by atoms with Gasteiger partial charge in [0, 0.05) is 12.6 Å². The Morgan fingerprint density at radius 3 is 3.07 bits per heavy atom. The summed E-state index contributed by atoms with van der Waals surface area (Å²) in [5, 5.41) is 8.06. The van der Waals surface area contributed by atoms with Crippen molar-refractivity contribution in [3.8, 4) is 0 Å². The van der Waals surface area contributed by atoms with Gasteiger partial charge in [-0.15, -0.1) is 0 Å². The number of hydrogen-bond acceptors (Lipinski definition) is 4. The highest BCUT2D eigenvalue weighted by Gasteiger charge is 2.06. The highest BCUT2D eigenvalue weighted by molar-refractivity contribution is 5.87. The molecular weight excluding hydrogens is 178 g/mol. The lowest BCUT2D eigenvalue weighted by Crippen LogP contribution is -2.25. The molecule has 4 nitrogen and oxygen atoms in total. The average molecular weight is 191 g/mol. The van der Waals surface area contributed by atoms with Crippen molar-refractivity contribution in [1.29, 1.82) is 0 Å². The van der Waals surface area contributed by atoms with Gasteiger partial charge in [-0.25, -0.2) is 0 Å². The minimum Gasteiger partial charge on any atom is -0.365 e. The van der Waals surface area contributed by atoms with E-state index >= 15 is 0 Å². The van der Waals surface area contributed by atoms with Crippen molar-refractivity contribution < 1.29 is 4.52 Å². The summed E-state index contributed by atoms with van der Waals surface area (Å²) < 4.78 is 5.13. The Balaban J connectivity index is 2.25. The minimum absolute atomic E-state index is 0.102. The molecule has 0 spiro atoms. The zero-order valence-corrected chi connectivity index (χ0v) is 8.03. The van der Waals surface area contributed by atoms with E-state index in [0.29, 0.717) is 6.54 Å². The molecule has 0 saturated carbocycles. The lowest BCUT2D eigenvalue weighted by molar-refractivity contribution is 0.459. The zero-order valence-electron chi connectivity index (χ0n) is 8.03. The molecule has 3 N–H and O–H groups in total. The van der Waals surface area contributed by atoms with Crippen molar-refractivity contribution in [2.45, 2.75) is 13.0 Å². The standard InChI is InChI=1S/C10H13N3O/c1-7(11)6-12-10-8-4-2-3-5-9(8)14-13-10/h2-5,7H,6,11H2,1H3,(H,12,13). The fourth-order valence-electron chi connectivity index (χ4n) is 1.27. The molecule has 0 amide bonds. The van der Waals surface area contributed by atoms with Crippen LogP contribution in [-0.4, -0.2) is 17.7 Å².